The molecule has 1 heterocycles. The first kappa shape index (κ1) is 10.3. The predicted molar refractivity (Wildman–Crippen MR) is 71.4 cm³/mol. The first-order valence-corrected chi connectivity index (χ1v) is 5.98. The van der Waals surface area contributed by atoms with Crippen LogP contribution in [0.25, 0.3) is 17.0 Å². The van der Waals surface area contributed by atoms with Crippen LogP contribution in [0.2, 0.25) is 0 Å². The summed E-state index contributed by atoms with van der Waals surface area (Å²) in [5, 5.41) is 1.11. The number of aromatic nitrogens is 1. The van der Waals surface area contributed by atoms with Crippen LogP contribution < -0.4 is 10.7 Å². The molecule has 0 saturated heterocycles. The van der Waals surface area contributed by atoms with Gasteiger partial charge in [-0.1, -0.05) is 38.1 Å². The number of pyridine rings is 1. The molecule has 86 valence electrons. The zero-order valence-corrected chi connectivity index (χ0v) is 10.2. The summed E-state index contributed by atoms with van der Waals surface area (Å²) in [5.41, 5.74) is 10.9. The molecule has 1 aliphatic rings. The Labute approximate surface area is 101 Å². The number of anilines is 1. The van der Waals surface area contributed by atoms with Crippen molar-refractivity contribution in [2.45, 2.75) is 20.3 Å². The molecule has 2 heteroatoms. The smallest absolute Gasteiger partial charge is 0.213 e. The van der Waals surface area contributed by atoms with Crippen LogP contribution in [0.15, 0.2) is 30.3 Å². The summed E-state index contributed by atoms with van der Waals surface area (Å²) in [7, 11) is 0. The van der Waals surface area contributed by atoms with Gasteiger partial charge in [0, 0.05) is 12.5 Å². The van der Waals surface area contributed by atoms with E-state index in [1.165, 1.54) is 5.69 Å². The second-order valence-corrected chi connectivity index (χ2v) is 5.48. The fraction of sp³-hybridized carbons (Fsp3) is 0.267. The summed E-state index contributed by atoms with van der Waals surface area (Å²) in [4.78, 5) is 3.51. The van der Waals surface area contributed by atoms with Crippen molar-refractivity contribution in [1.29, 1.82) is 0 Å². The fourth-order valence-electron chi connectivity index (χ4n) is 2.52. The van der Waals surface area contributed by atoms with Gasteiger partial charge < -0.3 is 5.73 Å². The van der Waals surface area contributed by atoms with Gasteiger partial charge in [0.05, 0.1) is 16.6 Å². The van der Waals surface area contributed by atoms with Gasteiger partial charge in [-0.25, -0.2) is 4.98 Å². The van der Waals surface area contributed by atoms with Crippen LogP contribution in [0.5, 0.6) is 0 Å². The van der Waals surface area contributed by atoms with E-state index in [1.807, 2.05) is 12.1 Å². The lowest BCUT2D eigenvalue weighted by Gasteiger charge is -2.23. The average molecular weight is 225 g/mol. The highest BCUT2D eigenvalue weighted by Crippen LogP contribution is 2.34. The highest BCUT2D eigenvalue weighted by atomic mass is 14.7. The second kappa shape index (κ2) is 3.33. The summed E-state index contributed by atoms with van der Waals surface area (Å²) >= 11 is 0. The Kier molecular flexibility index (Phi) is 2.02. The maximum atomic E-state index is 6.26. The molecule has 17 heavy (non-hydrogen) atoms. The summed E-state index contributed by atoms with van der Waals surface area (Å²) in [6, 6.07) is 8.20. The summed E-state index contributed by atoms with van der Waals surface area (Å²) < 4.78 is 0. The molecule has 3 rings (SSSR count). The topological polar surface area (TPSA) is 40.2 Å². The monoisotopic (exact) mass is 225 g/mol. The number of nitrogens with one attached hydrogen (secondary N) is 1. The SMILES string of the molecule is CC1(C)C=Cc2c([nH+]c3ccccc3c2N)C1. The minimum atomic E-state index is 0.207. The number of hydrogen-bond acceptors (Lipinski definition) is 1. The van der Waals surface area contributed by atoms with E-state index in [0.717, 1.165) is 28.6 Å². The Balaban J connectivity index is 2.32. The molecule has 0 amide bonds. The third kappa shape index (κ3) is 1.60. The molecule has 1 aromatic carbocycles. The van der Waals surface area contributed by atoms with E-state index in [4.69, 9.17) is 5.73 Å². The highest BCUT2D eigenvalue weighted by Gasteiger charge is 2.27. The normalized spacial score (nSPS) is 17.1. The van der Waals surface area contributed by atoms with Gasteiger partial charge >= 0.3 is 0 Å². The van der Waals surface area contributed by atoms with Crippen molar-refractivity contribution in [1.82, 2.24) is 0 Å². The first-order chi connectivity index (χ1) is 8.07. The zero-order valence-electron chi connectivity index (χ0n) is 10.2. The van der Waals surface area contributed by atoms with Gasteiger partial charge in [-0.3, -0.25) is 0 Å². The van der Waals surface area contributed by atoms with Crippen LogP contribution in [0.1, 0.15) is 25.1 Å². The van der Waals surface area contributed by atoms with Crippen LogP contribution in [0.4, 0.5) is 5.69 Å². The quantitative estimate of drug-likeness (QED) is 0.735. The molecule has 0 unspecified atom stereocenters. The average Bonchev–Trinajstić information content (AvgIpc) is 2.27. The molecular formula is C15H17N2+. The molecule has 2 aromatic rings. The van der Waals surface area contributed by atoms with E-state index < -0.39 is 0 Å². The summed E-state index contributed by atoms with van der Waals surface area (Å²) in [5.74, 6) is 0. The maximum absolute atomic E-state index is 6.26. The molecule has 0 fully saturated rings. The molecule has 0 saturated carbocycles. The molecule has 3 N–H and O–H groups in total. The van der Waals surface area contributed by atoms with Crippen LogP contribution in [0, 0.1) is 5.41 Å². The number of H-pyrrole nitrogens is 1. The molecule has 0 spiro atoms. The minimum Gasteiger partial charge on any atom is -0.397 e. The molecule has 2 nitrogen and oxygen atoms in total. The van der Waals surface area contributed by atoms with E-state index in [2.05, 4.69) is 43.1 Å². The largest absolute Gasteiger partial charge is 0.397 e. The van der Waals surface area contributed by atoms with Gasteiger partial charge in [-0.2, -0.15) is 0 Å². The Morgan fingerprint density at radius 2 is 2.00 bits per heavy atom. The van der Waals surface area contributed by atoms with Gasteiger partial charge in [-0.05, 0) is 11.5 Å². The van der Waals surface area contributed by atoms with E-state index in [9.17, 15) is 0 Å². The zero-order chi connectivity index (χ0) is 12.0. The van der Waals surface area contributed by atoms with Crippen molar-refractivity contribution in [3.8, 4) is 0 Å². The first-order valence-electron chi connectivity index (χ1n) is 5.98. The number of hydrogen-bond donors (Lipinski definition) is 1. The van der Waals surface area contributed by atoms with E-state index in [0.29, 0.717) is 0 Å². The third-order valence-corrected chi connectivity index (χ3v) is 3.45. The third-order valence-electron chi connectivity index (χ3n) is 3.45. The Hall–Kier alpha value is -1.83. The van der Waals surface area contributed by atoms with Crippen molar-refractivity contribution in [2.24, 2.45) is 5.41 Å². The van der Waals surface area contributed by atoms with Crippen molar-refractivity contribution >= 4 is 22.7 Å². The Bertz CT molecular complexity index is 624. The van der Waals surface area contributed by atoms with E-state index in [1.54, 1.807) is 0 Å². The molecule has 0 atom stereocenters. The van der Waals surface area contributed by atoms with Crippen molar-refractivity contribution in [2.75, 3.05) is 5.73 Å². The van der Waals surface area contributed by atoms with Crippen molar-refractivity contribution in [3.05, 3.63) is 41.6 Å². The number of aromatic amines is 1. The number of allylic oxidation sites excluding steroid dienone is 1. The summed E-state index contributed by atoms with van der Waals surface area (Å²) in [6.45, 7) is 4.48. The lowest BCUT2D eigenvalue weighted by Crippen LogP contribution is -2.25. The highest BCUT2D eigenvalue weighted by molar-refractivity contribution is 5.93. The van der Waals surface area contributed by atoms with Gasteiger partial charge in [0.2, 0.25) is 5.52 Å². The second-order valence-electron chi connectivity index (χ2n) is 5.48. The molecule has 0 radical (unpaired) electrons. The van der Waals surface area contributed by atoms with Crippen LogP contribution in [0.3, 0.4) is 0 Å². The number of rotatable bonds is 0. The lowest BCUT2D eigenvalue weighted by molar-refractivity contribution is -0.359. The van der Waals surface area contributed by atoms with Gasteiger partial charge in [-0.15, -0.1) is 0 Å². The number of nitrogens with two attached hydrogens (primary N) is 1. The van der Waals surface area contributed by atoms with Gasteiger partial charge in [0.15, 0.2) is 5.69 Å². The molecule has 1 aliphatic carbocycles. The number of nitrogen functional groups attached to an aromatic ring is 1. The fourth-order valence-corrected chi connectivity index (χ4v) is 2.52. The number of para-hydroxylation sites is 1. The maximum Gasteiger partial charge on any atom is 0.213 e. The standard InChI is InChI=1S/C15H16N2/c1-15(2)8-7-11-13(9-15)17-12-6-4-3-5-10(12)14(11)16/h3-8H,9H2,1-2H3,(H2,16,17)/p+1. The Morgan fingerprint density at radius 1 is 1.24 bits per heavy atom. The van der Waals surface area contributed by atoms with Gasteiger partial charge in [0.1, 0.15) is 0 Å². The van der Waals surface area contributed by atoms with E-state index >= 15 is 0 Å². The molecule has 0 aliphatic heterocycles. The molecular weight excluding hydrogens is 208 g/mol. The lowest BCUT2D eigenvalue weighted by atomic mass is 9.81. The molecule has 1 aromatic heterocycles. The van der Waals surface area contributed by atoms with Crippen LogP contribution in [-0.4, -0.2) is 0 Å². The van der Waals surface area contributed by atoms with Crippen LogP contribution >= 0.6 is 0 Å². The Morgan fingerprint density at radius 3 is 2.82 bits per heavy atom. The van der Waals surface area contributed by atoms with Crippen molar-refractivity contribution < 1.29 is 4.98 Å². The number of benzene rings is 1. The van der Waals surface area contributed by atoms with Gasteiger partial charge in [0.25, 0.3) is 0 Å². The van der Waals surface area contributed by atoms with Crippen molar-refractivity contribution in [3.63, 3.8) is 0 Å². The summed E-state index contributed by atoms with van der Waals surface area (Å²) in [6.07, 6.45) is 5.40. The predicted octanol–water partition coefficient (Wildman–Crippen LogP) is 2.83. The molecule has 0 bridgehead atoms. The van der Waals surface area contributed by atoms with Crippen LogP contribution in [-0.2, 0) is 6.42 Å². The number of fused-ring (bicyclic) bond motifs is 2. The van der Waals surface area contributed by atoms with E-state index in [-0.39, 0.29) is 5.41 Å². The minimum absolute atomic E-state index is 0.207.